The third-order valence-electron chi connectivity index (χ3n) is 4.65. The second-order valence-corrected chi connectivity index (χ2v) is 9.03. The zero-order chi connectivity index (χ0) is 16.7. The Morgan fingerprint density at radius 3 is 2.88 bits per heavy atom. The molecule has 0 aliphatic carbocycles. The van der Waals surface area contributed by atoms with Gasteiger partial charge >= 0.3 is 0 Å². The van der Waals surface area contributed by atoms with Crippen molar-refractivity contribution in [1.29, 1.82) is 0 Å². The summed E-state index contributed by atoms with van der Waals surface area (Å²) in [6.45, 7) is 0.554. The average Bonchev–Trinajstić information content (AvgIpc) is 3.25. The van der Waals surface area contributed by atoms with E-state index in [1.165, 1.54) is 0 Å². The Kier molecular flexibility index (Phi) is 3.94. The van der Waals surface area contributed by atoms with Crippen LogP contribution in [0.2, 0.25) is 0 Å². The van der Waals surface area contributed by atoms with Crippen molar-refractivity contribution in [3.63, 3.8) is 0 Å². The molecule has 2 aliphatic rings. The molecule has 3 heterocycles. The number of nitrogens with zero attached hydrogens (tertiary/aromatic N) is 1. The number of hydrogen-bond acceptors (Lipinski definition) is 4. The van der Waals surface area contributed by atoms with Gasteiger partial charge in [-0.25, -0.2) is 8.42 Å². The van der Waals surface area contributed by atoms with E-state index in [-0.39, 0.29) is 11.9 Å². The van der Waals surface area contributed by atoms with Crippen LogP contribution in [0.15, 0.2) is 40.6 Å². The van der Waals surface area contributed by atoms with Crippen LogP contribution >= 0.6 is 11.3 Å². The molecule has 1 atom stereocenters. The first-order chi connectivity index (χ1) is 11.6. The van der Waals surface area contributed by atoms with Crippen LogP contribution < -0.4 is 5.32 Å². The number of carbonyl (C=O) groups excluding carboxylic acids is 1. The molecule has 4 rings (SSSR count). The van der Waals surface area contributed by atoms with Crippen LogP contribution in [-0.2, 0) is 21.2 Å². The fourth-order valence-electron chi connectivity index (χ4n) is 3.45. The van der Waals surface area contributed by atoms with Gasteiger partial charge in [0.05, 0.1) is 10.9 Å². The number of amides is 1. The van der Waals surface area contributed by atoms with Crippen molar-refractivity contribution >= 4 is 33.0 Å². The Hall–Kier alpha value is -1.70. The summed E-state index contributed by atoms with van der Waals surface area (Å²) in [6.07, 6.45) is 2.72. The summed E-state index contributed by atoms with van der Waals surface area (Å²) in [7, 11) is -3.53. The molecule has 0 unspecified atom stereocenters. The highest BCUT2D eigenvalue weighted by atomic mass is 32.2. The molecule has 0 saturated carbocycles. The van der Waals surface area contributed by atoms with Crippen molar-refractivity contribution in [2.45, 2.75) is 36.6 Å². The molecule has 24 heavy (non-hydrogen) atoms. The zero-order valence-electron chi connectivity index (χ0n) is 13.1. The molecule has 0 radical (unpaired) electrons. The quantitative estimate of drug-likeness (QED) is 0.912. The largest absolute Gasteiger partial charge is 0.326 e. The van der Waals surface area contributed by atoms with E-state index >= 15 is 0 Å². The maximum Gasteiger partial charge on any atom is 0.243 e. The van der Waals surface area contributed by atoms with E-state index in [1.807, 2.05) is 17.5 Å². The third kappa shape index (κ3) is 2.66. The Balaban J connectivity index is 1.69. The molecule has 7 heteroatoms. The molecule has 1 aromatic heterocycles. The minimum absolute atomic E-state index is 0.0181. The van der Waals surface area contributed by atoms with Crippen molar-refractivity contribution < 1.29 is 13.2 Å². The van der Waals surface area contributed by atoms with Gasteiger partial charge in [-0.2, -0.15) is 4.31 Å². The summed E-state index contributed by atoms with van der Waals surface area (Å²) >= 11 is 1.60. The van der Waals surface area contributed by atoms with Crippen LogP contribution in [0.25, 0.3) is 0 Å². The second kappa shape index (κ2) is 5.98. The Morgan fingerprint density at radius 1 is 1.21 bits per heavy atom. The molecular formula is C17H18N2O3S2. The summed E-state index contributed by atoms with van der Waals surface area (Å²) in [5.74, 6) is -0.0181. The lowest BCUT2D eigenvalue weighted by Crippen LogP contribution is -2.30. The van der Waals surface area contributed by atoms with Gasteiger partial charge in [0.1, 0.15) is 0 Å². The number of anilines is 1. The lowest BCUT2D eigenvalue weighted by molar-refractivity contribution is -0.116. The van der Waals surface area contributed by atoms with E-state index in [2.05, 4.69) is 5.32 Å². The lowest BCUT2D eigenvalue weighted by atomic mass is 10.0. The van der Waals surface area contributed by atoms with Gasteiger partial charge in [0.15, 0.2) is 0 Å². The van der Waals surface area contributed by atoms with Gasteiger partial charge in [0.25, 0.3) is 0 Å². The van der Waals surface area contributed by atoms with Crippen LogP contribution in [-0.4, -0.2) is 25.2 Å². The lowest BCUT2D eigenvalue weighted by Gasteiger charge is -2.24. The fraction of sp³-hybridized carbons (Fsp3) is 0.353. The van der Waals surface area contributed by atoms with Gasteiger partial charge in [-0.05, 0) is 54.5 Å². The van der Waals surface area contributed by atoms with E-state index in [0.717, 1.165) is 29.0 Å². The first-order valence-electron chi connectivity index (χ1n) is 8.04. The molecule has 2 aliphatic heterocycles. The SMILES string of the molecule is O=C1CCc2cc(S(=O)(=O)N3CCC[C@@H]3c3cccs3)ccc2N1. The smallest absolute Gasteiger partial charge is 0.243 e. The van der Waals surface area contributed by atoms with Crippen LogP contribution in [0, 0.1) is 0 Å². The molecule has 2 aromatic rings. The van der Waals surface area contributed by atoms with Crippen molar-refractivity contribution in [3.8, 4) is 0 Å². The molecular weight excluding hydrogens is 344 g/mol. The fourth-order valence-corrected chi connectivity index (χ4v) is 6.11. The normalized spacial score (nSPS) is 21.5. The molecule has 1 amide bonds. The van der Waals surface area contributed by atoms with Crippen molar-refractivity contribution in [2.24, 2.45) is 0 Å². The number of rotatable bonds is 3. The Morgan fingerprint density at radius 2 is 2.08 bits per heavy atom. The van der Waals surface area contributed by atoms with Crippen molar-refractivity contribution in [2.75, 3.05) is 11.9 Å². The molecule has 5 nitrogen and oxygen atoms in total. The maximum absolute atomic E-state index is 13.1. The number of carbonyl (C=O) groups is 1. The van der Waals surface area contributed by atoms with Gasteiger partial charge < -0.3 is 5.32 Å². The highest BCUT2D eigenvalue weighted by Gasteiger charge is 2.37. The number of sulfonamides is 1. The highest BCUT2D eigenvalue weighted by Crippen LogP contribution is 2.39. The van der Waals surface area contributed by atoms with Gasteiger partial charge in [-0.3, -0.25) is 4.79 Å². The van der Waals surface area contributed by atoms with Gasteiger partial charge in [0, 0.05) is 23.5 Å². The second-order valence-electron chi connectivity index (χ2n) is 6.16. The van der Waals surface area contributed by atoms with Crippen LogP contribution in [0.4, 0.5) is 5.69 Å². The zero-order valence-corrected chi connectivity index (χ0v) is 14.7. The summed E-state index contributed by atoms with van der Waals surface area (Å²) in [5, 5.41) is 4.78. The Labute approximate surface area is 145 Å². The molecule has 0 bridgehead atoms. The average molecular weight is 362 g/mol. The predicted molar refractivity (Wildman–Crippen MR) is 93.6 cm³/mol. The predicted octanol–water partition coefficient (Wildman–Crippen LogP) is 3.16. The number of aryl methyl sites for hydroxylation is 1. The van der Waals surface area contributed by atoms with Crippen LogP contribution in [0.3, 0.4) is 0 Å². The minimum atomic E-state index is -3.53. The highest BCUT2D eigenvalue weighted by molar-refractivity contribution is 7.89. The molecule has 126 valence electrons. The molecule has 1 N–H and O–H groups in total. The Bertz CT molecular complexity index is 875. The summed E-state index contributed by atoms with van der Waals surface area (Å²) in [4.78, 5) is 12.9. The first kappa shape index (κ1) is 15.8. The summed E-state index contributed by atoms with van der Waals surface area (Å²) in [5.41, 5.74) is 1.61. The number of benzene rings is 1. The standard InChI is InChI=1S/C17H18N2O3S2/c20-17-8-5-12-11-13(6-7-14(12)18-17)24(21,22)19-9-1-3-15(19)16-4-2-10-23-16/h2,4,6-7,10-11,15H,1,3,5,8-9H2,(H,18,20)/t15-/m1/s1. The molecule has 0 spiro atoms. The van der Waals surface area contributed by atoms with E-state index in [1.54, 1.807) is 33.8 Å². The third-order valence-corrected chi connectivity index (χ3v) is 7.53. The van der Waals surface area contributed by atoms with Crippen molar-refractivity contribution in [3.05, 3.63) is 46.2 Å². The monoisotopic (exact) mass is 362 g/mol. The van der Waals surface area contributed by atoms with E-state index < -0.39 is 10.0 Å². The molecule has 1 fully saturated rings. The van der Waals surface area contributed by atoms with E-state index in [9.17, 15) is 13.2 Å². The number of thiophene rings is 1. The van der Waals surface area contributed by atoms with Gasteiger partial charge in [-0.1, -0.05) is 6.07 Å². The number of fused-ring (bicyclic) bond motifs is 1. The van der Waals surface area contributed by atoms with Crippen LogP contribution in [0.5, 0.6) is 0 Å². The topological polar surface area (TPSA) is 66.5 Å². The summed E-state index contributed by atoms with van der Waals surface area (Å²) < 4.78 is 27.9. The number of nitrogens with one attached hydrogen (secondary N) is 1. The first-order valence-corrected chi connectivity index (χ1v) is 10.4. The van der Waals surface area contributed by atoms with E-state index in [4.69, 9.17) is 0 Å². The molecule has 1 aromatic carbocycles. The minimum Gasteiger partial charge on any atom is -0.326 e. The van der Waals surface area contributed by atoms with Crippen molar-refractivity contribution in [1.82, 2.24) is 4.31 Å². The van der Waals surface area contributed by atoms with E-state index in [0.29, 0.717) is 24.3 Å². The number of hydrogen-bond donors (Lipinski definition) is 1. The van der Waals surface area contributed by atoms with Gasteiger partial charge in [0.2, 0.25) is 15.9 Å². The van der Waals surface area contributed by atoms with Crippen LogP contribution in [0.1, 0.15) is 35.7 Å². The maximum atomic E-state index is 13.1. The molecule has 1 saturated heterocycles. The van der Waals surface area contributed by atoms with Gasteiger partial charge in [-0.15, -0.1) is 11.3 Å². The summed E-state index contributed by atoms with van der Waals surface area (Å²) in [6, 6.07) is 8.93.